The van der Waals surface area contributed by atoms with Crippen molar-refractivity contribution in [2.45, 2.75) is 15.9 Å². The molecule has 0 fully saturated rings. The van der Waals surface area contributed by atoms with E-state index in [4.69, 9.17) is 95.0 Å². The maximum Gasteiger partial charge on any atom is 0.410 e. The highest BCUT2D eigenvalue weighted by Crippen LogP contribution is 2.62. The van der Waals surface area contributed by atoms with Crippen molar-refractivity contribution in [3.05, 3.63) is 33.8 Å². The Hall–Kier alpha value is 0.630. The number of alkyl halides is 5. The van der Waals surface area contributed by atoms with Crippen LogP contribution in [0.1, 0.15) is 11.4 Å². The van der Waals surface area contributed by atoms with Gasteiger partial charge in [0.1, 0.15) is 0 Å². The fourth-order valence-corrected chi connectivity index (χ4v) is 4.77. The first-order chi connectivity index (χ1) is 13.4. The van der Waals surface area contributed by atoms with Crippen LogP contribution in [0.4, 0.5) is 4.79 Å². The van der Waals surface area contributed by atoms with E-state index in [1.165, 1.54) is 18.2 Å². The van der Waals surface area contributed by atoms with Gasteiger partial charge in [0.05, 0.1) is 13.2 Å². The highest BCUT2D eigenvalue weighted by molar-refractivity contribution is 7.54. The van der Waals surface area contributed by atoms with Gasteiger partial charge in [0.25, 0.3) is 0 Å². The standard InChI is InChI=1S/C14H15Cl7NO6P/c15-3-5-26-29(25,27-6-4-16)11(9-2-1-8(17)7-10(9)18)28-13(24)22-12(23)14(19,20)21/h1-2,7,11-12,23H,3-6H2,(H,22,24)/t11-,12-/m1/s1. The summed E-state index contributed by atoms with van der Waals surface area (Å²) in [5.41, 5.74) is 0.0436. The number of hydrogen-bond donors (Lipinski definition) is 2. The molecule has 0 aliphatic heterocycles. The van der Waals surface area contributed by atoms with E-state index in [9.17, 15) is 14.5 Å². The summed E-state index contributed by atoms with van der Waals surface area (Å²) in [4.78, 5) is 12.2. The number of carbonyl (C=O) groups excluding carboxylic acids is 1. The van der Waals surface area contributed by atoms with Gasteiger partial charge in [-0.3, -0.25) is 9.88 Å². The minimum atomic E-state index is -4.22. The fraction of sp³-hybridized carbons (Fsp3) is 0.500. The largest absolute Gasteiger partial charge is 0.428 e. The van der Waals surface area contributed by atoms with Crippen molar-refractivity contribution in [3.63, 3.8) is 0 Å². The zero-order valence-corrected chi connectivity index (χ0v) is 20.5. The van der Waals surface area contributed by atoms with Gasteiger partial charge in [0, 0.05) is 27.4 Å². The molecule has 2 atom stereocenters. The average molecular weight is 572 g/mol. The molecule has 0 saturated heterocycles. The Morgan fingerprint density at radius 3 is 2.14 bits per heavy atom. The van der Waals surface area contributed by atoms with Crippen molar-refractivity contribution in [1.82, 2.24) is 5.32 Å². The third-order valence-corrected chi connectivity index (χ3v) is 6.53. The van der Waals surface area contributed by atoms with Crippen molar-refractivity contribution in [2.75, 3.05) is 25.0 Å². The molecule has 29 heavy (non-hydrogen) atoms. The number of alkyl carbamates (subject to hydrolysis) is 1. The molecule has 7 nitrogen and oxygen atoms in total. The SMILES string of the molecule is O=C(N[C@H](O)C(Cl)(Cl)Cl)O[C@@H](c1ccc(Cl)cc1Cl)P(=O)(OCCCl)OCCCl. The Balaban J connectivity index is 3.29. The number of rotatable bonds is 10. The molecule has 166 valence electrons. The molecule has 0 heterocycles. The molecule has 1 rings (SSSR count). The van der Waals surface area contributed by atoms with E-state index in [1.54, 1.807) is 0 Å². The number of ether oxygens (including phenoxy) is 1. The van der Waals surface area contributed by atoms with Crippen LogP contribution in [0.3, 0.4) is 0 Å². The smallest absolute Gasteiger partial charge is 0.410 e. The second-order valence-corrected chi connectivity index (χ2v) is 11.1. The monoisotopic (exact) mass is 569 g/mol. The van der Waals surface area contributed by atoms with Crippen LogP contribution < -0.4 is 5.32 Å². The summed E-state index contributed by atoms with van der Waals surface area (Å²) in [6.45, 7) is -0.408. The first-order valence-electron chi connectivity index (χ1n) is 7.62. The van der Waals surface area contributed by atoms with Crippen LogP contribution >= 0.6 is 88.8 Å². The lowest BCUT2D eigenvalue weighted by atomic mass is 10.2. The van der Waals surface area contributed by atoms with E-state index in [1.807, 2.05) is 5.32 Å². The Kier molecular flexibility index (Phi) is 12.0. The zero-order chi connectivity index (χ0) is 22.2. The van der Waals surface area contributed by atoms with E-state index < -0.39 is 29.6 Å². The number of aliphatic hydroxyl groups is 1. The molecule has 0 radical (unpaired) electrons. The van der Waals surface area contributed by atoms with Gasteiger partial charge in [-0.05, 0) is 12.1 Å². The lowest BCUT2D eigenvalue weighted by Crippen LogP contribution is -2.44. The van der Waals surface area contributed by atoms with Gasteiger partial charge in [-0.1, -0.05) is 64.1 Å². The highest BCUT2D eigenvalue weighted by atomic mass is 35.6. The zero-order valence-electron chi connectivity index (χ0n) is 14.3. The molecule has 1 amide bonds. The maximum absolute atomic E-state index is 13.4. The third kappa shape index (κ3) is 8.95. The van der Waals surface area contributed by atoms with Gasteiger partial charge in [0.2, 0.25) is 9.64 Å². The van der Waals surface area contributed by atoms with Crippen LogP contribution in [0.15, 0.2) is 18.2 Å². The Morgan fingerprint density at radius 2 is 1.69 bits per heavy atom. The summed E-state index contributed by atoms with van der Waals surface area (Å²) in [6, 6.07) is 4.10. The van der Waals surface area contributed by atoms with Gasteiger partial charge in [-0.2, -0.15) is 0 Å². The van der Waals surface area contributed by atoms with Crippen LogP contribution in [-0.2, 0) is 18.3 Å². The molecule has 0 bridgehead atoms. The minimum absolute atomic E-state index is 0.00129. The molecular formula is C14H15Cl7NO6P. The second kappa shape index (κ2) is 12.6. The topological polar surface area (TPSA) is 94.1 Å². The Labute approximate surface area is 202 Å². The number of nitrogens with one attached hydrogen (secondary N) is 1. The van der Waals surface area contributed by atoms with E-state index in [-0.39, 0.29) is 40.6 Å². The maximum atomic E-state index is 13.4. The van der Waals surface area contributed by atoms with Crippen molar-refractivity contribution in [3.8, 4) is 0 Å². The molecule has 1 aromatic rings. The summed E-state index contributed by atoms with van der Waals surface area (Å²) in [5.74, 6) is -1.75. The van der Waals surface area contributed by atoms with Crippen molar-refractivity contribution in [2.24, 2.45) is 0 Å². The number of halogens is 7. The Bertz CT molecular complexity index is 723. The lowest BCUT2D eigenvalue weighted by molar-refractivity contribution is 0.0770. The third-order valence-electron chi connectivity index (χ3n) is 3.00. The Morgan fingerprint density at radius 1 is 1.14 bits per heavy atom. The first kappa shape index (κ1) is 27.7. The van der Waals surface area contributed by atoms with Crippen LogP contribution in [0.2, 0.25) is 10.0 Å². The average Bonchev–Trinajstić information content (AvgIpc) is 2.62. The summed E-state index contributed by atoms with van der Waals surface area (Å²) in [7, 11) is -4.22. The van der Waals surface area contributed by atoms with Crippen LogP contribution in [0, 0.1) is 0 Å². The quantitative estimate of drug-likeness (QED) is 0.200. The van der Waals surface area contributed by atoms with E-state index in [0.29, 0.717) is 0 Å². The molecule has 0 aromatic heterocycles. The summed E-state index contributed by atoms with van der Waals surface area (Å²) in [6.07, 6.45) is -3.24. The van der Waals surface area contributed by atoms with Crippen molar-refractivity contribution >= 4 is 94.9 Å². The fourth-order valence-electron chi connectivity index (χ4n) is 1.83. The van der Waals surface area contributed by atoms with E-state index >= 15 is 0 Å². The van der Waals surface area contributed by atoms with Crippen LogP contribution in [-0.4, -0.2) is 46.2 Å². The van der Waals surface area contributed by atoms with Crippen molar-refractivity contribution in [1.29, 1.82) is 0 Å². The normalized spacial score (nSPS) is 14.3. The minimum Gasteiger partial charge on any atom is -0.428 e. The molecule has 1 aromatic carbocycles. The van der Waals surface area contributed by atoms with Crippen LogP contribution in [0.25, 0.3) is 0 Å². The molecular weight excluding hydrogens is 557 g/mol. The molecule has 15 heteroatoms. The molecule has 0 aliphatic carbocycles. The predicted molar refractivity (Wildman–Crippen MR) is 116 cm³/mol. The number of amides is 1. The molecule has 0 unspecified atom stereocenters. The lowest BCUT2D eigenvalue weighted by Gasteiger charge is -2.28. The predicted octanol–water partition coefficient (Wildman–Crippen LogP) is 6.11. The highest BCUT2D eigenvalue weighted by Gasteiger charge is 2.43. The molecule has 2 N–H and O–H groups in total. The number of benzene rings is 1. The van der Waals surface area contributed by atoms with E-state index in [2.05, 4.69) is 0 Å². The second-order valence-electron chi connectivity index (χ2n) is 5.10. The summed E-state index contributed by atoms with van der Waals surface area (Å²) < 4.78 is 26.8. The summed E-state index contributed by atoms with van der Waals surface area (Å²) in [5, 5.41) is 11.9. The molecule has 0 spiro atoms. The van der Waals surface area contributed by atoms with Crippen LogP contribution in [0.5, 0.6) is 0 Å². The van der Waals surface area contributed by atoms with Gasteiger partial charge < -0.3 is 18.9 Å². The van der Waals surface area contributed by atoms with Gasteiger partial charge in [0.15, 0.2) is 6.23 Å². The summed E-state index contributed by atoms with van der Waals surface area (Å²) >= 11 is 39.7. The van der Waals surface area contributed by atoms with E-state index in [0.717, 1.165) is 0 Å². The number of carbonyl (C=O) groups is 1. The van der Waals surface area contributed by atoms with Crippen molar-refractivity contribution < 1.29 is 28.3 Å². The number of aliphatic hydroxyl groups excluding tert-OH is 1. The number of hydrogen-bond acceptors (Lipinski definition) is 6. The van der Waals surface area contributed by atoms with Gasteiger partial charge >= 0.3 is 13.7 Å². The first-order valence-corrected chi connectivity index (χ1v) is 12.2. The van der Waals surface area contributed by atoms with Gasteiger partial charge in [-0.15, -0.1) is 23.2 Å². The molecule has 0 aliphatic rings. The molecule has 0 saturated carbocycles. The van der Waals surface area contributed by atoms with Gasteiger partial charge in [-0.25, -0.2) is 4.79 Å².